The van der Waals surface area contributed by atoms with E-state index in [-0.39, 0.29) is 17.4 Å². The summed E-state index contributed by atoms with van der Waals surface area (Å²) in [5.74, 6) is -0.631. The van der Waals surface area contributed by atoms with E-state index in [9.17, 15) is 18.0 Å². The van der Waals surface area contributed by atoms with E-state index in [1.165, 1.54) is 11.9 Å². The summed E-state index contributed by atoms with van der Waals surface area (Å²) in [6.45, 7) is 1.40. The maximum absolute atomic E-state index is 13.2. The van der Waals surface area contributed by atoms with Gasteiger partial charge in [0.25, 0.3) is 5.91 Å². The first-order chi connectivity index (χ1) is 11.1. The van der Waals surface area contributed by atoms with Crippen molar-refractivity contribution in [1.29, 1.82) is 0 Å². The normalized spacial score (nSPS) is 24.7. The van der Waals surface area contributed by atoms with E-state index in [2.05, 4.69) is 17.6 Å². The average Bonchev–Trinajstić information content (AvgIpc) is 2.50. The van der Waals surface area contributed by atoms with Crippen LogP contribution in [0.2, 0.25) is 0 Å². The summed E-state index contributed by atoms with van der Waals surface area (Å²) in [6.07, 6.45) is -4.63. The van der Waals surface area contributed by atoms with E-state index in [1.54, 1.807) is 4.90 Å². The van der Waals surface area contributed by atoms with E-state index in [4.69, 9.17) is 4.74 Å². The van der Waals surface area contributed by atoms with E-state index in [0.717, 1.165) is 13.2 Å². The molecular weight excluding hydrogens is 345 g/mol. The molecule has 1 saturated heterocycles. The Morgan fingerprint density at radius 3 is 2.58 bits per heavy atom. The number of rotatable bonds is 1. The molecule has 24 heavy (non-hydrogen) atoms. The van der Waals surface area contributed by atoms with E-state index < -0.39 is 22.5 Å². The molecule has 3 rings (SSSR count). The van der Waals surface area contributed by atoms with E-state index in [0.29, 0.717) is 19.6 Å². The highest BCUT2D eigenvalue weighted by Crippen LogP contribution is 2.46. The summed E-state index contributed by atoms with van der Waals surface area (Å²) in [5, 5.41) is 0. The van der Waals surface area contributed by atoms with Crippen molar-refractivity contribution in [2.75, 3.05) is 50.6 Å². The Kier molecular flexibility index (Phi) is 3.87. The number of nitrogens with zero attached hydrogens (tertiary/aromatic N) is 4. The van der Waals surface area contributed by atoms with Gasteiger partial charge in [0.2, 0.25) is 5.88 Å². The van der Waals surface area contributed by atoms with Gasteiger partial charge in [-0.15, -0.1) is 12.6 Å². The average molecular weight is 362 g/mol. The molecule has 1 atom stereocenters. The molecule has 2 aliphatic heterocycles. The standard InChI is InChI=1S/C14H17F3N4O2S/c1-19-4-5-21-10-9(20(2)12(22)13(21,24)7-19)6-8(14(15,16)17)11(18-10)23-3/h6,24H,4-5,7H2,1-3H3/t13-/m0/s1. The minimum absolute atomic E-state index is 0.0994. The van der Waals surface area contributed by atoms with Crippen LogP contribution < -0.4 is 14.5 Å². The quantitative estimate of drug-likeness (QED) is 0.767. The third-order valence-corrected chi connectivity index (χ3v) is 4.93. The number of fused-ring (bicyclic) bond motifs is 3. The molecule has 0 bridgehead atoms. The Morgan fingerprint density at radius 1 is 1.33 bits per heavy atom. The SMILES string of the molecule is COc1nc2c(cc1C(F)(F)F)N(C)C(=O)[C@@]1(S)CN(C)CCN21. The van der Waals surface area contributed by atoms with Gasteiger partial charge in [0, 0.05) is 26.7 Å². The fourth-order valence-corrected chi connectivity index (χ4v) is 3.71. The van der Waals surface area contributed by atoms with Gasteiger partial charge in [-0.1, -0.05) is 0 Å². The first kappa shape index (κ1) is 17.2. The van der Waals surface area contributed by atoms with Gasteiger partial charge in [-0.05, 0) is 13.1 Å². The van der Waals surface area contributed by atoms with Crippen molar-refractivity contribution in [2.45, 2.75) is 11.0 Å². The molecular formula is C14H17F3N4O2S. The van der Waals surface area contributed by atoms with Gasteiger partial charge in [0.15, 0.2) is 10.7 Å². The number of ether oxygens (including phenoxy) is 1. The number of hydrogen-bond acceptors (Lipinski definition) is 6. The molecule has 1 aromatic heterocycles. The molecule has 2 aliphatic rings. The van der Waals surface area contributed by atoms with Crippen molar-refractivity contribution >= 4 is 30.0 Å². The van der Waals surface area contributed by atoms with Gasteiger partial charge >= 0.3 is 6.18 Å². The third kappa shape index (κ3) is 2.39. The largest absolute Gasteiger partial charge is 0.481 e. The van der Waals surface area contributed by atoms with Crippen molar-refractivity contribution in [3.05, 3.63) is 11.6 Å². The number of piperazine rings is 1. The smallest absolute Gasteiger partial charge is 0.421 e. The molecule has 0 spiro atoms. The molecule has 0 aromatic carbocycles. The number of anilines is 2. The minimum atomic E-state index is -4.63. The van der Waals surface area contributed by atoms with Crippen LogP contribution in [0, 0.1) is 0 Å². The fraction of sp³-hybridized carbons (Fsp3) is 0.571. The van der Waals surface area contributed by atoms with Gasteiger partial charge in [0.1, 0.15) is 5.56 Å². The number of alkyl halides is 3. The van der Waals surface area contributed by atoms with E-state index >= 15 is 0 Å². The summed E-state index contributed by atoms with van der Waals surface area (Å²) < 4.78 is 44.5. The van der Waals surface area contributed by atoms with Crippen LogP contribution in [0.4, 0.5) is 24.7 Å². The molecule has 3 heterocycles. The second kappa shape index (κ2) is 5.41. The van der Waals surface area contributed by atoms with E-state index in [1.807, 2.05) is 11.9 Å². The molecule has 132 valence electrons. The lowest BCUT2D eigenvalue weighted by atomic mass is 10.0. The molecule has 6 nitrogen and oxygen atoms in total. The fourth-order valence-electron chi connectivity index (χ4n) is 3.12. The zero-order chi connectivity index (χ0) is 17.9. The van der Waals surface area contributed by atoms with Gasteiger partial charge < -0.3 is 19.4 Å². The molecule has 1 fully saturated rings. The Balaban J connectivity index is 2.21. The summed E-state index contributed by atoms with van der Waals surface area (Å²) >= 11 is 4.55. The number of methoxy groups -OCH3 is 1. The molecule has 1 aromatic rings. The van der Waals surface area contributed by atoms with Crippen molar-refractivity contribution in [3.8, 4) is 5.88 Å². The summed E-state index contributed by atoms with van der Waals surface area (Å²) in [6, 6.07) is 0.907. The molecule has 0 N–H and O–H groups in total. The number of carbonyl (C=O) groups is 1. The van der Waals surface area contributed by atoms with Crippen molar-refractivity contribution < 1.29 is 22.7 Å². The highest BCUT2D eigenvalue weighted by molar-refractivity contribution is 7.83. The Labute approximate surface area is 142 Å². The molecule has 0 aliphatic carbocycles. The maximum atomic E-state index is 13.2. The monoisotopic (exact) mass is 362 g/mol. The Morgan fingerprint density at radius 2 is 2.00 bits per heavy atom. The molecule has 0 saturated carbocycles. The number of likely N-dealkylation sites (N-methyl/N-ethyl adjacent to an activating group) is 2. The highest BCUT2D eigenvalue weighted by atomic mass is 32.1. The van der Waals surface area contributed by atoms with Crippen molar-refractivity contribution in [2.24, 2.45) is 0 Å². The predicted molar refractivity (Wildman–Crippen MR) is 85.8 cm³/mol. The Hall–Kier alpha value is -1.68. The molecule has 0 radical (unpaired) electrons. The second-order valence-corrected chi connectivity index (χ2v) is 6.70. The Bertz CT molecular complexity index is 699. The van der Waals surface area contributed by atoms with Crippen molar-refractivity contribution in [3.63, 3.8) is 0 Å². The topological polar surface area (TPSA) is 48.9 Å². The minimum Gasteiger partial charge on any atom is -0.481 e. The summed E-state index contributed by atoms with van der Waals surface area (Å²) in [5.41, 5.74) is -0.911. The van der Waals surface area contributed by atoms with Crippen LogP contribution >= 0.6 is 12.6 Å². The number of aromatic nitrogens is 1. The van der Waals surface area contributed by atoms with Crippen LogP contribution in [0.3, 0.4) is 0 Å². The number of halogens is 3. The third-order valence-electron chi connectivity index (χ3n) is 4.35. The lowest BCUT2D eigenvalue weighted by Gasteiger charge is -2.51. The van der Waals surface area contributed by atoms with Crippen LogP contribution in [0.15, 0.2) is 6.07 Å². The second-order valence-electron chi connectivity index (χ2n) is 5.96. The zero-order valence-corrected chi connectivity index (χ0v) is 14.3. The molecule has 0 unspecified atom stereocenters. The van der Waals surface area contributed by atoms with Crippen LogP contribution in [0.25, 0.3) is 0 Å². The summed E-state index contributed by atoms with van der Waals surface area (Å²) in [7, 11) is 4.43. The van der Waals surface area contributed by atoms with Gasteiger partial charge in [0.05, 0.1) is 12.8 Å². The molecule has 10 heteroatoms. The lowest BCUT2D eigenvalue weighted by Crippen LogP contribution is -2.68. The van der Waals surface area contributed by atoms with Gasteiger partial charge in [-0.2, -0.15) is 18.2 Å². The lowest BCUT2D eigenvalue weighted by molar-refractivity contribution is -0.139. The maximum Gasteiger partial charge on any atom is 0.421 e. The van der Waals surface area contributed by atoms with Crippen LogP contribution in [0.5, 0.6) is 5.88 Å². The number of amides is 1. The van der Waals surface area contributed by atoms with Gasteiger partial charge in [-0.3, -0.25) is 4.79 Å². The number of carbonyl (C=O) groups excluding carboxylic acids is 1. The highest BCUT2D eigenvalue weighted by Gasteiger charge is 2.52. The molecule has 1 amide bonds. The summed E-state index contributed by atoms with van der Waals surface area (Å²) in [4.78, 5) is 20.4. The van der Waals surface area contributed by atoms with Gasteiger partial charge in [-0.25, -0.2) is 0 Å². The first-order valence-electron chi connectivity index (χ1n) is 7.22. The number of pyridine rings is 1. The number of thiol groups is 1. The first-order valence-corrected chi connectivity index (χ1v) is 7.67. The van der Waals surface area contributed by atoms with Crippen LogP contribution in [0.1, 0.15) is 5.56 Å². The predicted octanol–water partition coefficient (Wildman–Crippen LogP) is 1.46. The number of hydrogen-bond donors (Lipinski definition) is 1. The van der Waals surface area contributed by atoms with Crippen LogP contribution in [-0.2, 0) is 11.0 Å². The van der Waals surface area contributed by atoms with Crippen LogP contribution in [-0.4, -0.2) is 61.5 Å². The zero-order valence-electron chi connectivity index (χ0n) is 13.4. The van der Waals surface area contributed by atoms with Crippen molar-refractivity contribution in [1.82, 2.24) is 9.88 Å².